The molecule has 0 radical (unpaired) electrons. The number of carbonyl (C=O) groups excluding carboxylic acids is 2. The third-order valence-corrected chi connectivity index (χ3v) is 6.77. The molecule has 0 aromatic rings. The molecule has 2 rings (SSSR count). The van der Waals surface area contributed by atoms with Crippen LogP contribution in [0, 0.1) is 11.3 Å². The fourth-order valence-electron chi connectivity index (χ4n) is 3.52. The van der Waals surface area contributed by atoms with Crippen LogP contribution in [-0.4, -0.2) is 44.4 Å². The Morgan fingerprint density at radius 2 is 1.91 bits per heavy atom. The molecule has 2 atom stereocenters. The Morgan fingerprint density at radius 1 is 1.32 bits per heavy atom. The van der Waals surface area contributed by atoms with Gasteiger partial charge in [-0.3, -0.25) is 4.79 Å². The van der Waals surface area contributed by atoms with Gasteiger partial charge in [0.2, 0.25) is 5.91 Å². The number of esters is 1. The monoisotopic (exact) mass is 331 g/mol. The molecule has 0 bridgehead atoms. The first-order chi connectivity index (χ1) is 10.2. The number of ether oxygens (including phenoxy) is 1. The van der Waals surface area contributed by atoms with Crippen LogP contribution in [0.3, 0.4) is 0 Å². The molecule has 1 N–H and O–H groups in total. The molecule has 2 aliphatic rings. The van der Waals surface area contributed by atoms with Crippen LogP contribution in [0.2, 0.25) is 0 Å². The maximum absolute atomic E-state index is 12.5. The number of methoxy groups -OCH3 is 1. The van der Waals surface area contributed by atoms with Gasteiger partial charge in [0, 0.05) is 5.92 Å². The number of nitrogens with one attached hydrogen (secondary N) is 1. The molecule has 6 nitrogen and oxygen atoms in total. The number of hydrogen-bond donors (Lipinski definition) is 1. The van der Waals surface area contributed by atoms with Crippen molar-refractivity contribution in [1.82, 2.24) is 5.32 Å². The summed E-state index contributed by atoms with van der Waals surface area (Å²) in [6.07, 6.45) is 3.09. The minimum absolute atomic E-state index is 0.152. The molecule has 1 heterocycles. The van der Waals surface area contributed by atoms with E-state index in [-0.39, 0.29) is 28.7 Å². The van der Waals surface area contributed by atoms with Crippen LogP contribution in [0.5, 0.6) is 0 Å². The average molecular weight is 331 g/mol. The highest BCUT2D eigenvalue weighted by atomic mass is 32.2. The van der Waals surface area contributed by atoms with Crippen LogP contribution in [0.25, 0.3) is 0 Å². The number of hydrogen-bond acceptors (Lipinski definition) is 5. The van der Waals surface area contributed by atoms with Crippen molar-refractivity contribution in [2.75, 3.05) is 18.6 Å². The SMILES string of the molecule is CCC[C@](C)(NC(=O)[C@H]1CC12CCS(=O)(=O)CC2)C(=O)OC. The summed E-state index contributed by atoms with van der Waals surface area (Å²) in [7, 11) is -1.62. The van der Waals surface area contributed by atoms with Crippen LogP contribution < -0.4 is 5.32 Å². The second-order valence-corrected chi connectivity index (χ2v) is 9.14. The van der Waals surface area contributed by atoms with Gasteiger partial charge in [0.15, 0.2) is 0 Å². The quantitative estimate of drug-likeness (QED) is 0.761. The molecule has 1 aliphatic carbocycles. The number of rotatable bonds is 5. The third kappa shape index (κ3) is 3.29. The minimum atomic E-state index is -2.93. The van der Waals surface area contributed by atoms with Crippen molar-refractivity contribution in [3.8, 4) is 0 Å². The van der Waals surface area contributed by atoms with Crippen molar-refractivity contribution < 1.29 is 22.7 Å². The van der Waals surface area contributed by atoms with E-state index < -0.39 is 21.3 Å². The number of carbonyl (C=O) groups is 2. The summed E-state index contributed by atoms with van der Waals surface area (Å²) in [5.41, 5.74) is -1.18. The van der Waals surface area contributed by atoms with Crippen molar-refractivity contribution in [3.63, 3.8) is 0 Å². The van der Waals surface area contributed by atoms with Crippen molar-refractivity contribution in [3.05, 3.63) is 0 Å². The predicted molar refractivity (Wildman–Crippen MR) is 81.9 cm³/mol. The fourth-order valence-corrected chi connectivity index (χ4v) is 5.15. The Hall–Kier alpha value is -1.11. The maximum Gasteiger partial charge on any atom is 0.331 e. The topological polar surface area (TPSA) is 89.5 Å². The maximum atomic E-state index is 12.5. The van der Waals surface area contributed by atoms with Crippen LogP contribution in [0.1, 0.15) is 46.0 Å². The molecular weight excluding hydrogens is 306 g/mol. The first-order valence-corrected chi connectivity index (χ1v) is 9.61. The molecule has 7 heteroatoms. The number of amides is 1. The fraction of sp³-hybridized carbons (Fsp3) is 0.867. The Bertz CT molecular complexity index is 556. The molecule has 0 aromatic heterocycles. The summed E-state index contributed by atoms with van der Waals surface area (Å²) in [6, 6.07) is 0. The van der Waals surface area contributed by atoms with Crippen molar-refractivity contribution in [2.24, 2.45) is 11.3 Å². The Kier molecular flexibility index (Phi) is 4.57. The van der Waals surface area contributed by atoms with E-state index in [1.165, 1.54) is 7.11 Å². The molecule has 0 unspecified atom stereocenters. The van der Waals surface area contributed by atoms with Gasteiger partial charge in [0.05, 0.1) is 18.6 Å². The molecule has 1 saturated carbocycles. The van der Waals surface area contributed by atoms with E-state index in [1.54, 1.807) is 6.92 Å². The smallest absolute Gasteiger partial charge is 0.331 e. The first-order valence-electron chi connectivity index (χ1n) is 7.79. The van der Waals surface area contributed by atoms with Gasteiger partial charge < -0.3 is 10.1 Å². The lowest BCUT2D eigenvalue weighted by atomic mass is 9.93. The second kappa shape index (κ2) is 5.83. The molecule has 1 spiro atoms. The summed E-state index contributed by atoms with van der Waals surface area (Å²) in [6.45, 7) is 3.62. The molecule has 2 fully saturated rings. The highest BCUT2D eigenvalue weighted by Crippen LogP contribution is 2.59. The van der Waals surface area contributed by atoms with Crippen molar-refractivity contribution in [2.45, 2.75) is 51.5 Å². The van der Waals surface area contributed by atoms with E-state index in [1.807, 2.05) is 6.92 Å². The van der Waals surface area contributed by atoms with Crippen molar-refractivity contribution in [1.29, 1.82) is 0 Å². The summed E-state index contributed by atoms with van der Waals surface area (Å²) >= 11 is 0. The zero-order valence-corrected chi connectivity index (χ0v) is 14.3. The molecule has 22 heavy (non-hydrogen) atoms. The zero-order valence-electron chi connectivity index (χ0n) is 13.5. The van der Waals surface area contributed by atoms with Crippen LogP contribution >= 0.6 is 0 Å². The normalized spacial score (nSPS) is 27.7. The lowest BCUT2D eigenvalue weighted by molar-refractivity contribution is -0.150. The van der Waals surface area contributed by atoms with E-state index >= 15 is 0 Å². The molecule has 126 valence electrons. The highest BCUT2D eigenvalue weighted by Gasteiger charge is 2.60. The first kappa shape index (κ1) is 17.2. The zero-order chi connectivity index (χ0) is 16.6. The summed E-state index contributed by atoms with van der Waals surface area (Å²) in [5.74, 6) is -0.437. The summed E-state index contributed by atoms with van der Waals surface area (Å²) in [4.78, 5) is 24.4. The van der Waals surface area contributed by atoms with Gasteiger partial charge >= 0.3 is 5.97 Å². The Labute approximate surface area is 131 Å². The van der Waals surface area contributed by atoms with Gasteiger partial charge in [-0.05, 0) is 38.0 Å². The Morgan fingerprint density at radius 3 is 2.41 bits per heavy atom. The van der Waals surface area contributed by atoms with E-state index in [2.05, 4.69) is 5.32 Å². The lowest BCUT2D eigenvalue weighted by Crippen LogP contribution is -2.53. The van der Waals surface area contributed by atoms with Crippen LogP contribution in [0.15, 0.2) is 0 Å². The molecule has 1 aliphatic heterocycles. The minimum Gasteiger partial charge on any atom is -0.467 e. The number of sulfone groups is 1. The standard InChI is InChI=1S/C15H25NO5S/c1-4-5-14(2,13(18)21-3)16-12(17)11-10-15(11)6-8-22(19,20)9-7-15/h11H,4-10H2,1-3H3,(H,16,17)/t11-,14+/m1/s1. The van der Waals surface area contributed by atoms with Crippen LogP contribution in [-0.2, 0) is 24.2 Å². The van der Waals surface area contributed by atoms with Gasteiger partial charge in [-0.2, -0.15) is 0 Å². The molecule has 1 amide bonds. The third-order valence-electron chi connectivity index (χ3n) is 5.11. The van der Waals surface area contributed by atoms with Crippen LogP contribution in [0.4, 0.5) is 0 Å². The van der Waals surface area contributed by atoms with E-state index in [4.69, 9.17) is 4.74 Å². The lowest BCUT2D eigenvalue weighted by Gasteiger charge is -2.29. The van der Waals surface area contributed by atoms with E-state index in [0.717, 1.165) is 12.8 Å². The van der Waals surface area contributed by atoms with Gasteiger partial charge in [-0.1, -0.05) is 13.3 Å². The van der Waals surface area contributed by atoms with Gasteiger partial charge in [0.25, 0.3) is 0 Å². The van der Waals surface area contributed by atoms with Crippen molar-refractivity contribution >= 4 is 21.7 Å². The van der Waals surface area contributed by atoms with E-state index in [0.29, 0.717) is 19.3 Å². The highest BCUT2D eigenvalue weighted by molar-refractivity contribution is 7.91. The molecule has 1 saturated heterocycles. The summed E-state index contributed by atoms with van der Waals surface area (Å²) in [5, 5.41) is 2.84. The van der Waals surface area contributed by atoms with Gasteiger partial charge in [-0.15, -0.1) is 0 Å². The van der Waals surface area contributed by atoms with Gasteiger partial charge in [0.1, 0.15) is 15.4 Å². The Balaban J connectivity index is 2.00. The van der Waals surface area contributed by atoms with E-state index in [9.17, 15) is 18.0 Å². The largest absolute Gasteiger partial charge is 0.467 e. The molecule has 0 aromatic carbocycles. The predicted octanol–water partition coefficient (Wildman–Crippen LogP) is 1.05. The summed E-state index contributed by atoms with van der Waals surface area (Å²) < 4.78 is 27.8. The van der Waals surface area contributed by atoms with Gasteiger partial charge in [-0.25, -0.2) is 13.2 Å². The molecular formula is C15H25NO5S. The average Bonchev–Trinajstić information content (AvgIpc) is 3.17. The second-order valence-electron chi connectivity index (χ2n) is 6.83.